The summed E-state index contributed by atoms with van der Waals surface area (Å²) in [6.07, 6.45) is 0.365. The topological polar surface area (TPSA) is 55.6 Å². The number of amides is 1. The Kier molecular flexibility index (Phi) is 8.94. The van der Waals surface area contributed by atoms with E-state index < -0.39 is 0 Å². The number of halogens is 2. The Bertz CT molecular complexity index is 455. The number of hydrogen-bond donors (Lipinski definition) is 1. The molecule has 0 radical (unpaired) electrons. The highest BCUT2D eigenvalue weighted by atomic mass is 79.9. The molecule has 0 heterocycles. The number of ether oxygens (including phenoxy) is 1. The second-order valence-corrected chi connectivity index (χ2v) is 6.59. The van der Waals surface area contributed by atoms with Crippen LogP contribution in [0, 0.1) is 5.41 Å². The minimum absolute atomic E-state index is 0. The third-order valence-electron chi connectivity index (χ3n) is 3.02. The normalized spacial score (nSPS) is 10.7. The Hall–Kier alpha value is -0.780. The SMILES string of the molecule is CN(CC(C)(C)CN)C(=O)CCOc1cccc(Br)c1.Cl. The second kappa shape index (κ2) is 9.28. The van der Waals surface area contributed by atoms with Gasteiger partial charge in [0.05, 0.1) is 13.0 Å². The van der Waals surface area contributed by atoms with Crippen LogP contribution in [0.5, 0.6) is 5.75 Å². The van der Waals surface area contributed by atoms with Crippen LogP contribution in [0.4, 0.5) is 0 Å². The van der Waals surface area contributed by atoms with Gasteiger partial charge in [0, 0.05) is 18.1 Å². The number of nitrogens with zero attached hydrogens (tertiary/aromatic N) is 1. The molecule has 0 spiro atoms. The van der Waals surface area contributed by atoms with Crippen molar-refractivity contribution in [3.05, 3.63) is 28.7 Å². The smallest absolute Gasteiger partial charge is 0.225 e. The molecule has 0 unspecified atom stereocenters. The van der Waals surface area contributed by atoms with E-state index in [1.54, 1.807) is 11.9 Å². The fraction of sp³-hybridized carbons (Fsp3) is 0.533. The van der Waals surface area contributed by atoms with Crippen molar-refractivity contribution >= 4 is 34.2 Å². The van der Waals surface area contributed by atoms with Gasteiger partial charge in [-0.2, -0.15) is 0 Å². The lowest BCUT2D eigenvalue weighted by Gasteiger charge is -2.29. The Morgan fingerprint density at radius 3 is 2.67 bits per heavy atom. The Labute approximate surface area is 141 Å². The van der Waals surface area contributed by atoms with E-state index in [0.29, 0.717) is 26.1 Å². The zero-order valence-corrected chi connectivity index (χ0v) is 15.2. The molecule has 0 saturated carbocycles. The van der Waals surface area contributed by atoms with Gasteiger partial charge in [-0.25, -0.2) is 0 Å². The van der Waals surface area contributed by atoms with Crippen molar-refractivity contribution in [2.45, 2.75) is 20.3 Å². The first-order valence-electron chi connectivity index (χ1n) is 6.66. The van der Waals surface area contributed by atoms with Crippen LogP contribution in [0.1, 0.15) is 20.3 Å². The Morgan fingerprint density at radius 1 is 1.43 bits per heavy atom. The van der Waals surface area contributed by atoms with Crippen molar-refractivity contribution < 1.29 is 9.53 Å². The van der Waals surface area contributed by atoms with E-state index >= 15 is 0 Å². The molecule has 0 aromatic heterocycles. The molecule has 0 bridgehead atoms. The van der Waals surface area contributed by atoms with Gasteiger partial charge in [-0.15, -0.1) is 12.4 Å². The minimum atomic E-state index is -0.0600. The summed E-state index contributed by atoms with van der Waals surface area (Å²) in [5.74, 6) is 0.832. The van der Waals surface area contributed by atoms with Gasteiger partial charge in [-0.3, -0.25) is 4.79 Å². The van der Waals surface area contributed by atoms with Crippen molar-refractivity contribution in [1.82, 2.24) is 4.90 Å². The number of nitrogens with two attached hydrogens (primary N) is 1. The number of carbonyl (C=O) groups is 1. The van der Waals surface area contributed by atoms with Gasteiger partial charge in [-0.1, -0.05) is 35.8 Å². The standard InChI is InChI=1S/C15H23BrN2O2.ClH/c1-15(2,10-17)11-18(3)14(19)7-8-20-13-6-4-5-12(16)9-13;/h4-6,9H,7-8,10-11,17H2,1-3H3;1H. The maximum absolute atomic E-state index is 12.0. The van der Waals surface area contributed by atoms with Crippen LogP contribution in [-0.4, -0.2) is 37.6 Å². The maximum Gasteiger partial charge on any atom is 0.225 e. The average molecular weight is 380 g/mol. The number of benzene rings is 1. The first-order chi connectivity index (χ1) is 9.34. The molecule has 0 aliphatic carbocycles. The summed E-state index contributed by atoms with van der Waals surface area (Å²) in [6.45, 7) is 5.69. The number of carbonyl (C=O) groups excluding carboxylic acids is 1. The van der Waals surface area contributed by atoms with Crippen molar-refractivity contribution in [2.75, 3.05) is 26.7 Å². The average Bonchev–Trinajstić information content (AvgIpc) is 2.38. The molecule has 0 fully saturated rings. The molecular formula is C15H24BrClN2O2. The van der Waals surface area contributed by atoms with Crippen LogP contribution in [0.3, 0.4) is 0 Å². The highest BCUT2D eigenvalue weighted by Crippen LogP contribution is 2.18. The van der Waals surface area contributed by atoms with Gasteiger partial charge in [-0.05, 0) is 30.2 Å². The lowest BCUT2D eigenvalue weighted by Crippen LogP contribution is -2.40. The molecule has 1 rings (SSSR count). The quantitative estimate of drug-likeness (QED) is 0.792. The molecular weight excluding hydrogens is 356 g/mol. The van der Waals surface area contributed by atoms with Crippen LogP contribution in [-0.2, 0) is 4.79 Å². The van der Waals surface area contributed by atoms with Gasteiger partial charge < -0.3 is 15.4 Å². The Balaban J connectivity index is 0.00000400. The molecule has 1 aromatic carbocycles. The predicted octanol–water partition coefficient (Wildman–Crippen LogP) is 3.08. The molecule has 21 heavy (non-hydrogen) atoms. The molecule has 4 nitrogen and oxygen atoms in total. The molecule has 0 aliphatic heterocycles. The fourth-order valence-corrected chi connectivity index (χ4v) is 2.18. The lowest BCUT2D eigenvalue weighted by atomic mass is 9.93. The van der Waals surface area contributed by atoms with Crippen molar-refractivity contribution in [2.24, 2.45) is 11.1 Å². The van der Waals surface area contributed by atoms with Gasteiger partial charge in [0.15, 0.2) is 0 Å². The minimum Gasteiger partial charge on any atom is -0.493 e. The van der Waals surface area contributed by atoms with E-state index in [9.17, 15) is 4.79 Å². The van der Waals surface area contributed by atoms with E-state index in [0.717, 1.165) is 10.2 Å². The van der Waals surface area contributed by atoms with Gasteiger partial charge >= 0.3 is 0 Å². The molecule has 0 saturated heterocycles. The lowest BCUT2D eigenvalue weighted by molar-refractivity contribution is -0.131. The van der Waals surface area contributed by atoms with E-state index in [4.69, 9.17) is 10.5 Å². The summed E-state index contributed by atoms with van der Waals surface area (Å²) < 4.78 is 6.52. The zero-order valence-electron chi connectivity index (χ0n) is 12.8. The molecule has 1 amide bonds. The molecule has 6 heteroatoms. The first-order valence-corrected chi connectivity index (χ1v) is 7.46. The largest absolute Gasteiger partial charge is 0.493 e. The van der Waals surface area contributed by atoms with Crippen LogP contribution in [0.2, 0.25) is 0 Å². The van der Waals surface area contributed by atoms with Crippen LogP contribution >= 0.6 is 28.3 Å². The third-order valence-corrected chi connectivity index (χ3v) is 3.52. The molecule has 1 aromatic rings. The third kappa shape index (κ3) is 7.69. The van der Waals surface area contributed by atoms with Crippen molar-refractivity contribution in [1.29, 1.82) is 0 Å². The highest BCUT2D eigenvalue weighted by Gasteiger charge is 2.20. The molecule has 0 aliphatic rings. The summed E-state index contributed by atoms with van der Waals surface area (Å²) in [6, 6.07) is 7.58. The molecule has 2 N–H and O–H groups in total. The zero-order chi connectivity index (χ0) is 15.2. The van der Waals surface area contributed by atoms with E-state index in [2.05, 4.69) is 29.8 Å². The van der Waals surface area contributed by atoms with Crippen LogP contribution in [0.25, 0.3) is 0 Å². The van der Waals surface area contributed by atoms with E-state index in [1.807, 2.05) is 24.3 Å². The summed E-state index contributed by atoms with van der Waals surface area (Å²) in [5.41, 5.74) is 5.62. The van der Waals surface area contributed by atoms with Crippen LogP contribution < -0.4 is 10.5 Å². The summed E-state index contributed by atoms with van der Waals surface area (Å²) in [5, 5.41) is 0. The monoisotopic (exact) mass is 378 g/mol. The van der Waals surface area contributed by atoms with Gasteiger partial charge in [0.1, 0.15) is 5.75 Å². The Morgan fingerprint density at radius 2 is 2.10 bits per heavy atom. The molecule has 0 atom stereocenters. The van der Waals surface area contributed by atoms with E-state index in [1.165, 1.54) is 0 Å². The second-order valence-electron chi connectivity index (χ2n) is 5.67. The fourth-order valence-electron chi connectivity index (χ4n) is 1.80. The van der Waals surface area contributed by atoms with Gasteiger partial charge in [0.25, 0.3) is 0 Å². The predicted molar refractivity (Wildman–Crippen MR) is 92.0 cm³/mol. The number of hydrogen-bond acceptors (Lipinski definition) is 3. The van der Waals surface area contributed by atoms with E-state index in [-0.39, 0.29) is 23.7 Å². The van der Waals surface area contributed by atoms with Gasteiger partial charge in [0.2, 0.25) is 5.91 Å². The van der Waals surface area contributed by atoms with Crippen LogP contribution in [0.15, 0.2) is 28.7 Å². The van der Waals surface area contributed by atoms with Crippen molar-refractivity contribution in [3.63, 3.8) is 0 Å². The van der Waals surface area contributed by atoms with Crippen molar-refractivity contribution in [3.8, 4) is 5.75 Å². The summed E-state index contributed by atoms with van der Waals surface area (Å²) in [7, 11) is 1.80. The first kappa shape index (κ1) is 20.2. The summed E-state index contributed by atoms with van der Waals surface area (Å²) >= 11 is 3.38. The summed E-state index contributed by atoms with van der Waals surface area (Å²) in [4.78, 5) is 13.7. The highest BCUT2D eigenvalue weighted by molar-refractivity contribution is 9.10. The number of rotatable bonds is 7. The maximum atomic E-state index is 12.0. The molecule has 120 valence electrons.